The number of nitrogens with zero attached hydrogens (tertiary/aromatic N) is 1. The van der Waals surface area contributed by atoms with Crippen molar-refractivity contribution >= 4 is 23.2 Å². The Bertz CT molecular complexity index is 830. The molecule has 0 aliphatic carbocycles. The minimum absolute atomic E-state index is 0.00761. The Morgan fingerprint density at radius 3 is 2.46 bits per heavy atom. The molecule has 0 aromatic heterocycles. The molecule has 0 bridgehead atoms. The molecule has 0 spiro atoms. The number of hydrogen-bond acceptors (Lipinski definition) is 3. The second-order valence-corrected chi connectivity index (χ2v) is 7.07. The topological polar surface area (TPSA) is 58.6 Å². The molecular formula is C23H30N2O3. The second-order valence-electron chi connectivity index (χ2n) is 7.07. The van der Waals surface area contributed by atoms with Crippen molar-refractivity contribution < 1.29 is 14.3 Å². The van der Waals surface area contributed by atoms with E-state index in [2.05, 4.69) is 12.2 Å². The number of ether oxygens (including phenoxy) is 1. The van der Waals surface area contributed by atoms with Crippen LogP contribution in [0.5, 0.6) is 5.75 Å². The van der Waals surface area contributed by atoms with Gasteiger partial charge < -0.3 is 15.0 Å². The number of para-hydroxylation sites is 3. The van der Waals surface area contributed by atoms with E-state index in [9.17, 15) is 9.59 Å². The molecule has 0 radical (unpaired) electrons. The maximum absolute atomic E-state index is 12.6. The third-order valence-electron chi connectivity index (χ3n) is 4.47. The van der Waals surface area contributed by atoms with Crippen molar-refractivity contribution in [1.82, 2.24) is 0 Å². The first kappa shape index (κ1) is 21.5. The van der Waals surface area contributed by atoms with Gasteiger partial charge in [-0.05, 0) is 50.5 Å². The van der Waals surface area contributed by atoms with Crippen molar-refractivity contribution in [2.24, 2.45) is 0 Å². The maximum Gasteiger partial charge on any atom is 0.226 e. The summed E-state index contributed by atoms with van der Waals surface area (Å²) in [7, 11) is 0. The zero-order valence-corrected chi connectivity index (χ0v) is 17.4. The van der Waals surface area contributed by atoms with Crippen LogP contribution in [-0.4, -0.2) is 24.5 Å². The number of nitrogens with one attached hydrogen (secondary N) is 1. The number of carbonyl (C=O) groups excluding carboxylic acids is 2. The highest BCUT2D eigenvalue weighted by molar-refractivity contribution is 5.96. The lowest BCUT2D eigenvalue weighted by molar-refractivity contribution is -0.117. The normalized spacial score (nSPS) is 10.6. The molecule has 0 saturated heterocycles. The van der Waals surface area contributed by atoms with Crippen LogP contribution in [-0.2, 0) is 16.0 Å². The quantitative estimate of drug-likeness (QED) is 0.718. The minimum Gasteiger partial charge on any atom is -0.489 e. The number of rotatable bonds is 8. The lowest BCUT2D eigenvalue weighted by Gasteiger charge is -2.24. The van der Waals surface area contributed by atoms with Gasteiger partial charge in [-0.1, -0.05) is 37.3 Å². The van der Waals surface area contributed by atoms with Crippen LogP contribution in [0.2, 0.25) is 0 Å². The zero-order valence-electron chi connectivity index (χ0n) is 17.4. The molecule has 0 unspecified atom stereocenters. The average Bonchev–Trinajstić information content (AvgIpc) is 2.64. The number of benzene rings is 2. The van der Waals surface area contributed by atoms with Gasteiger partial charge in [0.1, 0.15) is 5.75 Å². The third-order valence-corrected chi connectivity index (χ3v) is 4.47. The maximum atomic E-state index is 12.6. The largest absolute Gasteiger partial charge is 0.489 e. The van der Waals surface area contributed by atoms with E-state index in [1.165, 1.54) is 6.92 Å². The molecular weight excluding hydrogens is 352 g/mol. The molecule has 0 fully saturated rings. The van der Waals surface area contributed by atoms with Crippen LogP contribution in [0, 0.1) is 6.92 Å². The van der Waals surface area contributed by atoms with E-state index < -0.39 is 0 Å². The molecule has 0 heterocycles. The summed E-state index contributed by atoms with van der Waals surface area (Å²) in [5.41, 5.74) is 3.69. The summed E-state index contributed by atoms with van der Waals surface area (Å²) < 4.78 is 5.83. The Kier molecular flexibility index (Phi) is 7.61. The van der Waals surface area contributed by atoms with E-state index in [1.807, 2.05) is 63.2 Å². The first-order valence-electron chi connectivity index (χ1n) is 9.75. The Morgan fingerprint density at radius 2 is 1.82 bits per heavy atom. The number of amides is 2. The Labute approximate surface area is 167 Å². The number of anilines is 2. The van der Waals surface area contributed by atoms with Gasteiger partial charge in [0.25, 0.3) is 0 Å². The van der Waals surface area contributed by atoms with Crippen LogP contribution in [0.1, 0.15) is 45.2 Å². The molecule has 0 atom stereocenters. The van der Waals surface area contributed by atoms with E-state index in [0.717, 1.165) is 23.2 Å². The van der Waals surface area contributed by atoms with Crippen LogP contribution in [0.25, 0.3) is 0 Å². The van der Waals surface area contributed by atoms with Crippen molar-refractivity contribution in [2.45, 2.75) is 53.6 Å². The lowest BCUT2D eigenvalue weighted by Crippen LogP contribution is -2.32. The fourth-order valence-electron chi connectivity index (χ4n) is 3.10. The van der Waals surface area contributed by atoms with E-state index in [1.54, 1.807) is 4.90 Å². The Hall–Kier alpha value is -2.82. The predicted molar refractivity (Wildman–Crippen MR) is 114 cm³/mol. The third kappa shape index (κ3) is 5.59. The molecule has 0 aliphatic heterocycles. The summed E-state index contributed by atoms with van der Waals surface area (Å²) in [4.78, 5) is 26.4. The fraction of sp³-hybridized carbons (Fsp3) is 0.391. The van der Waals surface area contributed by atoms with Gasteiger partial charge in [-0.25, -0.2) is 0 Å². The Balaban J connectivity index is 2.13. The zero-order chi connectivity index (χ0) is 20.7. The van der Waals surface area contributed by atoms with Crippen LogP contribution < -0.4 is 15.0 Å². The van der Waals surface area contributed by atoms with Gasteiger partial charge in [-0.3, -0.25) is 9.59 Å². The van der Waals surface area contributed by atoms with Crippen molar-refractivity contribution in [3.8, 4) is 5.75 Å². The Morgan fingerprint density at radius 1 is 1.11 bits per heavy atom. The summed E-state index contributed by atoms with van der Waals surface area (Å²) in [5, 5.41) is 3.01. The summed E-state index contributed by atoms with van der Waals surface area (Å²) in [6.07, 6.45) is 1.04. The number of hydrogen-bond donors (Lipinski definition) is 1. The van der Waals surface area contributed by atoms with Crippen molar-refractivity contribution in [2.75, 3.05) is 16.8 Å². The van der Waals surface area contributed by atoms with E-state index in [-0.39, 0.29) is 30.9 Å². The van der Waals surface area contributed by atoms with Crippen LogP contribution in [0.4, 0.5) is 11.4 Å². The first-order valence-corrected chi connectivity index (χ1v) is 9.75. The van der Waals surface area contributed by atoms with E-state index in [4.69, 9.17) is 4.74 Å². The average molecular weight is 383 g/mol. The molecule has 150 valence electrons. The van der Waals surface area contributed by atoms with E-state index in [0.29, 0.717) is 11.4 Å². The van der Waals surface area contributed by atoms with Gasteiger partial charge >= 0.3 is 0 Å². The van der Waals surface area contributed by atoms with Gasteiger partial charge in [0.2, 0.25) is 11.8 Å². The molecule has 5 nitrogen and oxygen atoms in total. The van der Waals surface area contributed by atoms with Gasteiger partial charge in [0.15, 0.2) is 0 Å². The van der Waals surface area contributed by atoms with Crippen LogP contribution in [0.15, 0.2) is 42.5 Å². The summed E-state index contributed by atoms with van der Waals surface area (Å²) in [5.74, 6) is 0.399. The smallest absolute Gasteiger partial charge is 0.226 e. The highest BCUT2D eigenvalue weighted by Crippen LogP contribution is 2.29. The molecule has 5 heteroatoms. The van der Waals surface area contributed by atoms with Crippen molar-refractivity contribution in [3.63, 3.8) is 0 Å². The number of carbonyl (C=O) groups is 2. The number of aryl methyl sites for hydroxylation is 2. The summed E-state index contributed by atoms with van der Waals surface area (Å²) >= 11 is 0. The monoisotopic (exact) mass is 382 g/mol. The molecule has 2 aromatic rings. The van der Waals surface area contributed by atoms with Gasteiger partial charge in [0, 0.05) is 25.6 Å². The molecule has 0 aliphatic rings. The minimum atomic E-state index is -0.127. The van der Waals surface area contributed by atoms with Crippen LogP contribution >= 0.6 is 0 Å². The lowest BCUT2D eigenvalue weighted by atomic mass is 10.1. The van der Waals surface area contributed by atoms with Crippen LogP contribution in [0.3, 0.4) is 0 Å². The predicted octanol–water partition coefficient (Wildman–Crippen LogP) is 4.73. The van der Waals surface area contributed by atoms with E-state index >= 15 is 0 Å². The van der Waals surface area contributed by atoms with Gasteiger partial charge in [-0.15, -0.1) is 0 Å². The van der Waals surface area contributed by atoms with Gasteiger partial charge in [-0.2, -0.15) is 0 Å². The molecule has 28 heavy (non-hydrogen) atoms. The molecule has 0 saturated carbocycles. The SMILES string of the molecule is CCc1cccc(C)c1NC(=O)CCN(C(C)=O)c1ccccc1OC(C)C. The fourth-order valence-corrected chi connectivity index (χ4v) is 3.10. The molecule has 2 aromatic carbocycles. The highest BCUT2D eigenvalue weighted by Gasteiger charge is 2.18. The first-order chi connectivity index (χ1) is 13.3. The van der Waals surface area contributed by atoms with Gasteiger partial charge in [0.05, 0.1) is 11.8 Å². The summed E-state index contributed by atoms with van der Waals surface area (Å²) in [6, 6.07) is 13.4. The standard InChI is InChI=1S/C23H30N2O3/c1-6-19-11-9-10-17(4)23(19)24-22(27)14-15-25(18(5)26)20-12-7-8-13-21(20)28-16(2)3/h7-13,16H,6,14-15H2,1-5H3,(H,24,27). The summed E-state index contributed by atoms with van der Waals surface area (Å²) in [6.45, 7) is 9.71. The molecule has 2 amide bonds. The van der Waals surface area contributed by atoms with Crippen molar-refractivity contribution in [3.05, 3.63) is 53.6 Å². The second kappa shape index (κ2) is 9.93. The highest BCUT2D eigenvalue weighted by atomic mass is 16.5. The molecule has 2 rings (SSSR count). The molecule has 1 N–H and O–H groups in total. The van der Waals surface area contributed by atoms with Crippen molar-refractivity contribution in [1.29, 1.82) is 0 Å².